The summed E-state index contributed by atoms with van der Waals surface area (Å²) < 4.78 is 5.79. The van der Waals surface area contributed by atoms with E-state index in [1.54, 1.807) is 0 Å². The first-order chi connectivity index (χ1) is 12.8. The standard InChI is InChI=1S/C18H23Cl2NO6/c19-10-4-9(5-11(20)6-10)18(16(25)7-14(24)15(8-22)27-18)17(26)21-12-2-1-3-13(12)23/h4-6,12-16,22-25H,1-3,7-8H2,(H,21,26)/t12-,13-,14?,15?,16?,18?/m0/s1. The summed E-state index contributed by atoms with van der Waals surface area (Å²) in [6, 6.07) is 3.91. The normalized spacial score (nSPS) is 36.6. The summed E-state index contributed by atoms with van der Waals surface area (Å²) in [5.74, 6) is -0.676. The lowest BCUT2D eigenvalue weighted by Crippen LogP contribution is -2.63. The van der Waals surface area contributed by atoms with Crippen LogP contribution in [0.2, 0.25) is 10.0 Å². The van der Waals surface area contributed by atoms with Crippen molar-refractivity contribution in [1.82, 2.24) is 5.32 Å². The Labute approximate surface area is 166 Å². The van der Waals surface area contributed by atoms with Crippen LogP contribution < -0.4 is 5.32 Å². The molecule has 1 aromatic carbocycles. The van der Waals surface area contributed by atoms with E-state index in [1.165, 1.54) is 18.2 Å². The number of nitrogens with one attached hydrogen (secondary N) is 1. The second kappa shape index (κ2) is 8.21. The van der Waals surface area contributed by atoms with Crippen LogP contribution >= 0.6 is 23.2 Å². The molecule has 9 heteroatoms. The quantitative estimate of drug-likeness (QED) is 0.490. The van der Waals surface area contributed by atoms with Crippen molar-refractivity contribution in [2.45, 2.75) is 61.7 Å². The largest absolute Gasteiger partial charge is 0.394 e. The van der Waals surface area contributed by atoms with Gasteiger partial charge in [-0.15, -0.1) is 0 Å². The molecule has 1 aliphatic heterocycles. The summed E-state index contributed by atoms with van der Waals surface area (Å²) >= 11 is 12.2. The van der Waals surface area contributed by atoms with Crippen molar-refractivity contribution in [2.24, 2.45) is 0 Å². The van der Waals surface area contributed by atoms with E-state index in [1.807, 2.05) is 0 Å². The Morgan fingerprint density at radius 2 is 1.81 bits per heavy atom. The van der Waals surface area contributed by atoms with E-state index in [-0.39, 0.29) is 22.0 Å². The summed E-state index contributed by atoms with van der Waals surface area (Å²) in [5, 5.41) is 43.7. The van der Waals surface area contributed by atoms with Crippen molar-refractivity contribution in [3.8, 4) is 0 Å². The van der Waals surface area contributed by atoms with Crippen molar-refractivity contribution >= 4 is 29.1 Å². The van der Waals surface area contributed by atoms with Crippen LogP contribution in [0.25, 0.3) is 0 Å². The number of carbonyl (C=O) groups excluding carboxylic acids is 1. The molecule has 150 valence electrons. The van der Waals surface area contributed by atoms with Crippen molar-refractivity contribution in [1.29, 1.82) is 0 Å². The molecule has 27 heavy (non-hydrogen) atoms. The molecule has 0 aromatic heterocycles. The summed E-state index contributed by atoms with van der Waals surface area (Å²) in [4.78, 5) is 13.3. The predicted octanol–water partition coefficient (Wildman–Crippen LogP) is 0.721. The van der Waals surface area contributed by atoms with Crippen molar-refractivity contribution < 1.29 is 30.0 Å². The van der Waals surface area contributed by atoms with E-state index in [4.69, 9.17) is 27.9 Å². The third-order valence-corrected chi connectivity index (χ3v) is 5.74. The maximum absolute atomic E-state index is 13.3. The van der Waals surface area contributed by atoms with Gasteiger partial charge < -0.3 is 30.5 Å². The number of aliphatic hydroxyl groups excluding tert-OH is 4. The van der Waals surface area contributed by atoms with Crippen LogP contribution in [0.4, 0.5) is 0 Å². The number of aliphatic hydroxyl groups is 4. The molecule has 7 nitrogen and oxygen atoms in total. The van der Waals surface area contributed by atoms with Crippen LogP contribution in [-0.4, -0.2) is 63.4 Å². The van der Waals surface area contributed by atoms with Gasteiger partial charge in [-0.2, -0.15) is 0 Å². The number of amides is 1. The number of hydrogen-bond acceptors (Lipinski definition) is 6. The smallest absolute Gasteiger partial charge is 0.259 e. The van der Waals surface area contributed by atoms with Gasteiger partial charge in [-0.05, 0) is 43.0 Å². The molecule has 6 atom stereocenters. The molecule has 0 bridgehead atoms. The van der Waals surface area contributed by atoms with Gasteiger partial charge >= 0.3 is 0 Å². The number of halogens is 2. The molecule has 1 aliphatic carbocycles. The average molecular weight is 420 g/mol. The van der Waals surface area contributed by atoms with E-state index in [0.29, 0.717) is 12.8 Å². The molecule has 2 aliphatic rings. The van der Waals surface area contributed by atoms with Gasteiger partial charge in [0, 0.05) is 16.5 Å². The summed E-state index contributed by atoms with van der Waals surface area (Å²) in [6.45, 7) is -0.538. The van der Waals surface area contributed by atoms with Gasteiger partial charge in [0.1, 0.15) is 6.10 Å². The zero-order chi connectivity index (χ0) is 19.8. The summed E-state index contributed by atoms with van der Waals surface area (Å²) in [6.07, 6.45) is -2.57. The highest BCUT2D eigenvalue weighted by atomic mass is 35.5. The van der Waals surface area contributed by atoms with Crippen molar-refractivity contribution in [3.05, 3.63) is 33.8 Å². The highest BCUT2D eigenvalue weighted by Crippen LogP contribution is 2.41. The average Bonchev–Trinajstić information content (AvgIpc) is 2.99. The van der Waals surface area contributed by atoms with Gasteiger partial charge in [0.15, 0.2) is 5.60 Å². The molecule has 1 amide bonds. The topological polar surface area (TPSA) is 119 Å². The van der Waals surface area contributed by atoms with Gasteiger partial charge in [-0.1, -0.05) is 23.2 Å². The zero-order valence-corrected chi connectivity index (χ0v) is 16.0. The fraction of sp³-hybridized carbons (Fsp3) is 0.611. The van der Waals surface area contributed by atoms with Crippen LogP contribution in [0.3, 0.4) is 0 Å². The lowest BCUT2D eigenvalue weighted by Gasteiger charge is -2.45. The number of benzene rings is 1. The molecule has 1 aromatic rings. The SMILES string of the molecule is O=C(N[C@H]1CCC[C@@H]1O)C1(c2cc(Cl)cc(Cl)c2)OC(CO)C(O)CC1O. The van der Waals surface area contributed by atoms with Crippen LogP contribution in [0, 0.1) is 0 Å². The molecule has 1 heterocycles. The van der Waals surface area contributed by atoms with Gasteiger partial charge in [-0.25, -0.2) is 0 Å². The predicted molar refractivity (Wildman–Crippen MR) is 98.5 cm³/mol. The second-order valence-electron chi connectivity index (χ2n) is 7.13. The molecule has 1 saturated carbocycles. The third kappa shape index (κ3) is 3.96. The maximum atomic E-state index is 13.3. The highest BCUT2D eigenvalue weighted by Gasteiger charge is 2.55. The van der Waals surface area contributed by atoms with Crippen LogP contribution in [0.1, 0.15) is 31.2 Å². The molecule has 2 fully saturated rings. The molecule has 1 saturated heterocycles. The molecule has 4 unspecified atom stereocenters. The number of hydrogen-bond donors (Lipinski definition) is 5. The molecule has 5 N–H and O–H groups in total. The molecule has 0 radical (unpaired) electrons. The van der Waals surface area contributed by atoms with Crippen molar-refractivity contribution in [2.75, 3.05) is 6.61 Å². The van der Waals surface area contributed by atoms with Gasteiger partial charge in [0.05, 0.1) is 31.0 Å². The van der Waals surface area contributed by atoms with E-state index in [0.717, 1.165) is 6.42 Å². The van der Waals surface area contributed by atoms with Crippen molar-refractivity contribution in [3.63, 3.8) is 0 Å². The van der Waals surface area contributed by atoms with Gasteiger partial charge in [-0.3, -0.25) is 4.79 Å². The molecular formula is C18H23Cl2NO6. The Kier molecular flexibility index (Phi) is 6.32. The lowest BCUT2D eigenvalue weighted by molar-refractivity contribution is -0.235. The number of rotatable bonds is 4. The summed E-state index contributed by atoms with van der Waals surface area (Å²) in [7, 11) is 0. The fourth-order valence-electron chi connectivity index (χ4n) is 3.85. The van der Waals surface area contributed by atoms with E-state index in [2.05, 4.69) is 5.32 Å². The Balaban J connectivity index is 2.03. The van der Waals surface area contributed by atoms with Crippen LogP contribution in [0.5, 0.6) is 0 Å². The van der Waals surface area contributed by atoms with Gasteiger partial charge in [0.25, 0.3) is 5.91 Å². The first kappa shape index (κ1) is 20.8. The molecule has 3 rings (SSSR count). The molecule has 0 spiro atoms. The first-order valence-corrected chi connectivity index (χ1v) is 9.64. The maximum Gasteiger partial charge on any atom is 0.259 e. The van der Waals surface area contributed by atoms with Gasteiger partial charge in [0.2, 0.25) is 0 Å². The minimum Gasteiger partial charge on any atom is -0.394 e. The molecular weight excluding hydrogens is 397 g/mol. The Morgan fingerprint density at radius 1 is 1.15 bits per heavy atom. The number of carbonyl (C=O) groups is 1. The van der Waals surface area contributed by atoms with Crippen LogP contribution in [-0.2, 0) is 15.1 Å². The Bertz CT molecular complexity index is 684. The first-order valence-electron chi connectivity index (χ1n) is 8.88. The monoisotopic (exact) mass is 419 g/mol. The van der Waals surface area contributed by atoms with E-state index in [9.17, 15) is 25.2 Å². The Hall–Kier alpha value is -0.930. The summed E-state index contributed by atoms with van der Waals surface area (Å²) in [5.41, 5.74) is -1.72. The third-order valence-electron chi connectivity index (χ3n) is 5.31. The van der Waals surface area contributed by atoms with E-state index >= 15 is 0 Å². The number of ether oxygens (including phenoxy) is 1. The minimum absolute atomic E-state index is 0.185. The Morgan fingerprint density at radius 3 is 2.37 bits per heavy atom. The van der Waals surface area contributed by atoms with E-state index < -0.39 is 48.6 Å². The fourth-order valence-corrected chi connectivity index (χ4v) is 4.38. The zero-order valence-electron chi connectivity index (χ0n) is 14.5. The highest BCUT2D eigenvalue weighted by molar-refractivity contribution is 6.34. The second-order valence-corrected chi connectivity index (χ2v) is 8.00. The van der Waals surface area contributed by atoms with Crippen LogP contribution in [0.15, 0.2) is 18.2 Å². The minimum atomic E-state index is -1.93. The lowest BCUT2D eigenvalue weighted by atomic mass is 9.80.